The van der Waals surface area contributed by atoms with Crippen molar-refractivity contribution in [2.45, 2.75) is 61.3 Å². The lowest BCUT2D eigenvalue weighted by Gasteiger charge is -2.46. The Kier molecular flexibility index (Phi) is 8.50. The second kappa shape index (κ2) is 10.0. The number of aliphatic carboxylic acids is 1. The standard InChI is InChI=1S/C12H21NO17S2/c14-1-2-7(4(15)3(11(20)27-2)13-31(21,22)23)28-12-9(30-32(24,25)26)6(17)5(16)8(29-12)10(18)19/h2-9,11-17,20H,1H2,(H,18,19)(H,21,22,23)(H,24,25,26)/t2-,3-,4-,5+,6+,7-,8-,9-,11?,12-/m1/s1. The van der Waals surface area contributed by atoms with Crippen LogP contribution < -0.4 is 4.72 Å². The monoisotopic (exact) mass is 515 g/mol. The van der Waals surface area contributed by atoms with Gasteiger partial charge in [0.05, 0.1) is 6.61 Å². The van der Waals surface area contributed by atoms with E-state index in [1.54, 1.807) is 0 Å². The average molecular weight is 515 g/mol. The van der Waals surface area contributed by atoms with Gasteiger partial charge in [0.2, 0.25) is 0 Å². The number of aliphatic hydroxyl groups excluding tert-OH is 5. The van der Waals surface area contributed by atoms with Crippen molar-refractivity contribution in [2.24, 2.45) is 0 Å². The topological polar surface area (TPSA) is 296 Å². The van der Waals surface area contributed by atoms with Crippen LogP contribution in [-0.2, 0) is 43.9 Å². The van der Waals surface area contributed by atoms with Gasteiger partial charge in [-0.1, -0.05) is 0 Å². The lowest BCUT2D eigenvalue weighted by atomic mass is 9.96. The number of nitrogens with one attached hydrogen (secondary N) is 1. The third-order valence-corrected chi connectivity index (χ3v) is 5.51. The summed E-state index contributed by atoms with van der Waals surface area (Å²) in [5.41, 5.74) is 0. The lowest BCUT2D eigenvalue weighted by molar-refractivity contribution is -0.336. The molecule has 0 aromatic carbocycles. The van der Waals surface area contributed by atoms with Crippen LogP contribution in [0.2, 0.25) is 0 Å². The Morgan fingerprint density at radius 1 is 0.938 bits per heavy atom. The van der Waals surface area contributed by atoms with Crippen LogP contribution in [-0.4, -0.2) is 131 Å². The fraction of sp³-hybridized carbons (Fsp3) is 0.917. The molecular formula is C12H21NO17S2. The molecule has 2 aliphatic heterocycles. The Bertz CT molecular complexity index is 878. The van der Waals surface area contributed by atoms with E-state index < -0.39 is 94.6 Å². The Labute approximate surface area is 179 Å². The van der Waals surface area contributed by atoms with Gasteiger partial charge in [0, 0.05) is 0 Å². The zero-order valence-corrected chi connectivity index (χ0v) is 17.2. The number of carboxylic acid groups (broad SMARTS) is 1. The van der Waals surface area contributed by atoms with Crippen molar-refractivity contribution < 1.29 is 79.8 Å². The van der Waals surface area contributed by atoms with E-state index in [1.165, 1.54) is 4.72 Å². The van der Waals surface area contributed by atoms with Crippen molar-refractivity contribution in [3.05, 3.63) is 0 Å². The number of aliphatic hydroxyl groups is 5. The highest BCUT2D eigenvalue weighted by molar-refractivity contribution is 7.83. The summed E-state index contributed by atoms with van der Waals surface area (Å²) in [4.78, 5) is 11.3. The number of ether oxygens (including phenoxy) is 3. The molecular weight excluding hydrogens is 494 g/mol. The molecule has 0 bridgehead atoms. The first-order valence-electron chi connectivity index (χ1n) is 8.48. The van der Waals surface area contributed by atoms with Crippen LogP contribution in [0, 0.1) is 0 Å². The second-order valence-corrected chi connectivity index (χ2v) is 8.92. The summed E-state index contributed by atoms with van der Waals surface area (Å²) in [5, 5.41) is 58.7. The van der Waals surface area contributed by atoms with Gasteiger partial charge in [0.25, 0.3) is 0 Å². The van der Waals surface area contributed by atoms with Crippen LogP contribution in [0.15, 0.2) is 0 Å². The van der Waals surface area contributed by atoms with Gasteiger partial charge in [0.1, 0.15) is 36.6 Å². The molecule has 0 aliphatic carbocycles. The molecule has 1 unspecified atom stereocenters. The van der Waals surface area contributed by atoms with Crippen LogP contribution in [0.25, 0.3) is 0 Å². The molecule has 188 valence electrons. The third kappa shape index (κ3) is 6.48. The van der Waals surface area contributed by atoms with Crippen LogP contribution >= 0.6 is 0 Å². The zero-order chi connectivity index (χ0) is 24.6. The number of hydrogen-bond donors (Lipinski definition) is 9. The van der Waals surface area contributed by atoms with Gasteiger partial charge < -0.3 is 44.8 Å². The van der Waals surface area contributed by atoms with Gasteiger partial charge in [-0.05, 0) is 0 Å². The molecule has 2 rings (SSSR count). The highest BCUT2D eigenvalue weighted by Crippen LogP contribution is 2.30. The van der Waals surface area contributed by atoms with E-state index in [0.29, 0.717) is 0 Å². The van der Waals surface area contributed by atoms with Gasteiger partial charge in [-0.25, -0.2) is 8.98 Å². The maximum atomic E-state index is 11.3. The number of carboxylic acids is 1. The Morgan fingerprint density at radius 2 is 1.53 bits per heavy atom. The summed E-state index contributed by atoms with van der Waals surface area (Å²) in [6.07, 6.45) is -19.4. The van der Waals surface area contributed by atoms with Crippen LogP contribution in [0.1, 0.15) is 0 Å². The molecule has 0 amide bonds. The molecule has 0 spiro atoms. The van der Waals surface area contributed by atoms with Crippen molar-refractivity contribution in [2.75, 3.05) is 6.61 Å². The number of rotatable bonds is 8. The van der Waals surface area contributed by atoms with Crippen molar-refractivity contribution >= 4 is 26.7 Å². The molecule has 18 nitrogen and oxygen atoms in total. The first kappa shape index (κ1) is 27.1. The van der Waals surface area contributed by atoms with Gasteiger partial charge in [-0.2, -0.15) is 21.6 Å². The van der Waals surface area contributed by atoms with E-state index in [2.05, 4.69) is 4.18 Å². The van der Waals surface area contributed by atoms with Crippen molar-refractivity contribution in [1.82, 2.24) is 4.72 Å². The molecule has 9 N–H and O–H groups in total. The van der Waals surface area contributed by atoms with Crippen molar-refractivity contribution in [1.29, 1.82) is 0 Å². The zero-order valence-electron chi connectivity index (χ0n) is 15.5. The first-order valence-corrected chi connectivity index (χ1v) is 11.3. The molecule has 2 fully saturated rings. The summed E-state index contributed by atoms with van der Waals surface area (Å²) in [7, 11) is -10.4. The predicted octanol–water partition coefficient (Wildman–Crippen LogP) is -6.08. The van der Waals surface area contributed by atoms with Crippen molar-refractivity contribution in [3.63, 3.8) is 0 Å². The van der Waals surface area contributed by atoms with Gasteiger partial charge in [0.15, 0.2) is 24.8 Å². The summed E-state index contributed by atoms with van der Waals surface area (Å²) >= 11 is 0. The predicted molar refractivity (Wildman–Crippen MR) is 92.0 cm³/mol. The van der Waals surface area contributed by atoms with E-state index in [9.17, 15) is 47.2 Å². The van der Waals surface area contributed by atoms with Crippen LogP contribution in [0.5, 0.6) is 0 Å². The Morgan fingerprint density at radius 3 is 2.00 bits per heavy atom. The molecule has 0 aromatic rings. The van der Waals surface area contributed by atoms with Gasteiger partial charge in [-0.3, -0.25) is 9.11 Å². The molecule has 0 saturated carbocycles. The minimum absolute atomic E-state index is 1.01. The fourth-order valence-electron chi connectivity index (χ4n) is 3.10. The lowest BCUT2D eigenvalue weighted by Crippen LogP contribution is -2.67. The first-order chi connectivity index (χ1) is 14.6. The minimum Gasteiger partial charge on any atom is -0.479 e. The van der Waals surface area contributed by atoms with E-state index >= 15 is 0 Å². The fourth-order valence-corrected chi connectivity index (χ4v) is 4.18. The molecule has 32 heavy (non-hydrogen) atoms. The molecule has 20 heteroatoms. The highest BCUT2D eigenvalue weighted by atomic mass is 32.3. The van der Waals surface area contributed by atoms with Gasteiger partial charge >= 0.3 is 26.7 Å². The number of carbonyl (C=O) groups is 1. The van der Waals surface area contributed by atoms with E-state index in [0.717, 1.165) is 0 Å². The normalized spacial score (nSPS) is 41.3. The second-order valence-electron chi connectivity index (χ2n) is 6.69. The van der Waals surface area contributed by atoms with E-state index in [1.807, 2.05) is 0 Å². The Hall–Kier alpha value is -1.11. The van der Waals surface area contributed by atoms with Gasteiger partial charge in [-0.15, -0.1) is 0 Å². The summed E-state index contributed by atoms with van der Waals surface area (Å²) in [6, 6.07) is -2.02. The highest BCUT2D eigenvalue weighted by Gasteiger charge is 2.54. The van der Waals surface area contributed by atoms with E-state index in [-0.39, 0.29) is 0 Å². The maximum Gasteiger partial charge on any atom is 0.397 e. The quantitative estimate of drug-likeness (QED) is 0.136. The number of hydrogen-bond acceptors (Lipinski definition) is 14. The van der Waals surface area contributed by atoms with E-state index in [4.69, 9.17) is 28.4 Å². The summed E-state index contributed by atoms with van der Waals surface area (Å²) < 4.78 is 82.6. The summed E-state index contributed by atoms with van der Waals surface area (Å²) in [5.74, 6) is -1.85. The molecule has 2 heterocycles. The molecule has 2 aliphatic rings. The maximum absolute atomic E-state index is 11.3. The molecule has 10 atom stereocenters. The molecule has 2 saturated heterocycles. The van der Waals surface area contributed by atoms with Crippen molar-refractivity contribution in [3.8, 4) is 0 Å². The van der Waals surface area contributed by atoms with Crippen LogP contribution in [0.3, 0.4) is 0 Å². The summed E-state index contributed by atoms with van der Waals surface area (Å²) in [6.45, 7) is -1.01. The largest absolute Gasteiger partial charge is 0.479 e. The average Bonchev–Trinajstić information content (AvgIpc) is 2.64. The SMILES string of the molecule is O=C(O)[C@@H]1O[C@@H](O[C@H]2[C@H](O)[C@@H](NS(=O)(=O)O)C(O)O[C@@H]2CO)[C@H](OS(=O)(=O)O)[C@@H](O)[C@@H]1O. The van der Waals surface area contributed by atoms with Crippen LogP contribution in [0.4, 0.5) is 0 Å². The molecule has 0 radical (unpaired) electrons. The molecule has 0 aromatic heterocycles. The smallest absolute Gasteiger partial charge is 0.397 e. The minimum atomic E-state index is -5.35. The third-order valence-electron chi connectivity index (χ3n) is 4.47. The Balaban J connectivity index is 2.38.